The highest BCUT2D eigenvalue weighted by Crippen LogP contribution is 2.30. The molecule has 1 saturated heterocycles. The third kappa shape index (κ3) is 20.5. The lowest BCUT2D eigenvalue weighted by Crippen LogP contribution is -2.54. The van der Waals surface area contributed by atoms with Crippen LogP contribution >= 0.6 is 0 Å². The number of aliphatic imine (C=N–C) groups is 1. The van der Waals surface area contributed by atoms with Gasteiger partial charge in [-0.1, -0.05) is 52.3 Å². The van der Waals surface area contributed by atoms with E-state index < -0.39 is 42.3 Å². The number of nitrogens with two attached hydrogens (primary N) is 2. The van der Waals surface area contributed by atoms with Gasteiger partial charge in [0, 0.05) is 99.6 Å². The summed E-state index contributed by atoms with van der Waals surface area (Å²) in [5, 5.41) is 29.1. The van der Waals surface area contributed by atoms with E-state index in [9.17, 15) is 48.3 Å². The van der Waals surface area contributed by atoms with Gasteiger partial charge in [-0.05, 0) is 111 Å². The predicted molar refractivity (Wildman–Crippen MR) is 322 cm³/mol. The van der Waals surface area contributed by atoms with Crippen LogP contribution in [0.2, 0.25) is 0 Å². The van der Waals surface area contributed by atoms with Crippen molar-refractivity contribution < 1.29 is 53.0 Å². The summed E-state index contributed by atoms with van der Waals surface area (Å²) >= 11 is 0. The van der Waals surface area contributed by atoms with Gasteiger partial charge in [0.25, 0.3) is 5.91 Å². The highest BCUT2D eigenvalue weighted by molar-refractivity contribution is 6.08. The van der Waals surface area contributed by atoms with Crippen molar-refractivity contribution in [3.05, 3.63) is 95.2 Å². The van der Waals surface area contributed by atoms with Crippen molar-refractivity contribution in [2.24, 2.45) is 28.3 Å². The van der Waals surface area contributed by atoms with Crippen molar-refractivity contribution in [3.8, 4) is 0 Å². The lowest BCUT2D eigenvalue weighted by atomic mass is 9.96. The Morgan fingerprint density at radius 1 is 0.824 bits per heavy atom. The number of unbranched alkanes of at least 4 members (excludes halogenated alkanes) is 2. The fourth-order valence-corrected chi connectivity index (χ4v) is 9.87. The number of carbonyl (C=O) groups excluding carboxylic acids is 9. The molecule has 0 radical (unpaired) electrons. The summed E-state index contributed by atoms with van der Waals surface area (Å²) in [5.41, 5.74) is 15.1. The maximum absolute atomic E-state index is 13.6. The standard InChI is InChI=1S/C60H82N14O11/c1-5-28-73(29-6-2)58(82)43-33-41-15-16-42(34-47(41)69-48(61)35-43)55(79)68-45-19-20-49(66-36-45)72-31-23-40(24-32-72)54(78)63-26-27-65-60(84)85-37-39-13-17-44(18-14-39)67-56(80)46(11-10-25-64-59(62)83)70-57(81)53(38(3)4)71-50(75)12-8-7-9-30-74-51(76)21-22-52(74)77/h13-22,33-34,36,38,40,46,51,53,76H,5-12,23-32,35,37H2,1-4H3,(H2,61,69)(H,63,78)(H,65,84)(H,67,80)(H,68,79)(H,70,81)(H,71,75)(H3,62,64,83)/t46-,51?,53-/m0/s1. The van der Waals surface area contributed by atoms with E-state index in [1.54, 1.807) is 74.7 Å². The van der Waals surface area contributed by atoms with Gasteiger partial charge in [0.2, 0.25) is 35.4 Å². The van der Waals surface area contributed by atoms with Crippen LogP contribution in [0.25, 0.3) is 6.08 Å². The van der Waals surface area contributed by atoms with Gasteiger partial charge in [-0.25, -0.2) is 19.6 Å². The number of rotatable bonds is 30. The van der Waals surface area contributed by atoms with Crippen molar-refractivity contribution in [3.63, 3.8) is 0 Å². The summed E-state index contributed by atoms with van der Waals surface area (Å²) in [6.45, 7) is 10.8. The van der Waals surface area contributed by atoms with Crippen LogP contribution in [0.5, 0.6) is 0 Å². The Labute approximate surface area is 495 Å². The molecule has 1 unspecified atom stereocenters. The highest BCUT2D eigenvalue weighted by atomic mass is 16.5. The lowest BCUT2D eigenvalue weighted by molar-refractivity contribution is -0.132. The molecule has 3 aliphatic heterocycles. The molecule has 4 heterocycles. The zero-order valence-electron chi connectivity index (χ0n) is 49.0. The number of aliphatic hydroxyl groups excluding tert-OH is 1. The second-order valence-electron chi connectivity index (χ2n) is 21.5. The Balaban J connectivity index is 0.874. The first-order chi connectivity index (χ1) is 40.8. The number of fused-ring (bicyclic) bond motifs is 1. The van der Waals surface area contributed by atoms with E-state index in [1.807, 2.05) is 24.8 Å². The molecular formula is C60H82N14O11. The molecule has 85 heavy (non-hydrogen) atoms. The van der Waals surface area contributed by atoms with Gasteiger partial charge in [-0.3, -0.25) is 33.6 Å². The number of aliphatic hydroxyl groups is 1. The summed E-state index contributed by atoms with van der Waals surface area (Å²) in [6.07, 6.45) is 9.80. The summed E-state index contributed by atoms with van der Waals surface area (Å²) in [6, 6.07) is 12.5. The smallest absolute Gasteiger partial charge is 0.407 e. The van der Waals surface area contributed by atoms with E-state index in [0.29, 0.717) is 122 Å². The molecular weight excluding hydrogens is 1090 g/mol. The Kier molecular flexibility index (Phi) is 25.2. The van der Waals surface area contributed by atoms with Gasteiger partial charge in [-0.2, -0.15) is 0 Å². The molecule has 6 rings (SSSR count). The molecule has 3 atom stereocenters. The molecule has 25 nitrogen and oxygen atoms in total. The van der Waals surface area contributed by atoms with E-state index in [2.05, 4.69) is 52.1 Å². The topological polar surface area (TPSA) is 354 Å². The molecule has 1 fully saturated rings. The van der Waals surface area contributed by atoms with Crippen LogP contribution in [0.3, 0.4) is 0 Å². The van der Waals surface area contributed by atoms with Crippen LogP contribution in [0.15, 0.2) is 83.5 Å². The second kappa shape index (κ2) is 32.8. The van der Waals surface area contributed by atoms with Crippen molar-refractivity contribution in [1.29, 1.82) is 0 Å². The number of primary amides is 1. The second-order valence-corrected chi connectivity index (χ2v) is 21.5. The molecule has 0 spiro atoms. The van der Waals surface area contributed by atoms with Crippen LogP contribution in [0.4, 0.5) is 32.5 Å². The van der Waals surface area contributed by atoms with Crippen LogP contribution in [-0.4, -0.2) is 150 Å². The quantitative estimate of drug-likeness (QED) is 0.0416. The van der Waals surface area contributed by atoms with E-state index >= 15 is 0 Å². The normalized spacial score (nSPS) is 15.5. The number of amides is 10. The first kappa shape index (κ1) is 65.3. The van der Waals surface area contributed by atoms with Crippen molar-refractivity contribution in [2.45, 2.75) is 123 Å². The van der Waals surface area contributed by atoms with Crippen molar-refractivity contribution in [1.82, 2.24) is 41.4 Å². The lowest BCUT2D eigenvalue weighted by Gasteiger charge is -2.32. The molecule has 1 aromatic heterocycles. The summed E-state index contributed by atoms with van der Waals surface area (Å²) in [4.78, 5) is 130. The molecule has 0 saturated carbocycles. The van der Waals surface area contributed by atoms with Gasteiger partial charge >= 0.3 is 12.1 Å². The fraction of sp³-hybridized carbons (Fsp3) is 0.483. The molecule has 10 amide bonds. The first-order valence-electron chi connectivity index (χ1n) is 29.2. The summed E-state index contributed by atoms with van der Waals surface area (Å²) in [5.74, 6) is -1.84. The number of benzene rings is 2. The Morgan fingerprint density at radius 2 is 1.54 bits per heavy atom. The third-order valence-electron chi connectivity index (χ3n) is 14.5. The van der Waals surface area contributed by atoms with Crippen molar-refractivity contribution in [2.75, 3.05) is 67.9 Å². The number of hydrogen-bond donors (Lipinski definition) is 10. The number of carbonyl (C=O) groups is 9. The maximum Gasteiger partial charge on any atom is 0.407 e. The summed E-state index contributed by atoms with van der Waals surface area (Å²) < 4.78 is 5.36. The number of anilines is 3. The minimum atomic E-state index is -1.06. The Hall–Kier alpha value is -8.87. The number of aromatic nitrogens is 1. The number of nitrogens with zero attached hydrogens (tertiary/aromatic N) is 5. The molecule has 458 valence electrons. The largest absolute Gasteiger partial charge is 0.445 e. The van der Waals surface area contributed by atoms with Crippen molar-refractivity contribution >= 4 is 88.3 Å². The maximum atomic E-state index is 13.6. The highest BCUT2D eigenvalue weighted by Gasteiger charge is 2.30. The van der Waals surface area contributed by atoms with Gasteiger partial charge in [0.05, 0.1) is 17.6 Å². The molecule has 3 aromatic rings. The van der Waals surface area contributed by atoms with Gasteiger partial charge in [0.15, 0.2) is 0 Å². The zero-order valence-corrected chi connectivity index (χ0v) is 49.0. The van der Waals surface area contributed by atoms with Crippen LogP contribution in [-0.2, 0) is 40.1 Å². The number of urea groups is 1. The molecule has 25 heteroatoms. The monoisotopic (exact) mass is 1170 g/mol. The van der Waals surface area contributed by atoms with E-state index in [1.165, 1.54) is 17.1 Å². The van der Waals surface area contributed by atoms with Crippen LogP contribution in [0, 0.1) is 11.8 Å². The van der Waals surface area contributed by atoms with Gasteiger partial charge < -0.3 is 73.2 Å². The number of hydrogen-bond acceptors (Lipinski definition) is 15. The minimum absolute atomic E-state index is 0.0641. The molecule has 2 aromatic carbocycles. The average molecular weight is 1180 g/mol. The van der Waals surface area contributed by atoms with E-state index in [4.69, 9.17) is 16.2 Å². The SMILES string of the molecule is CCCN(CCC)C(=O)C1=Cc2ccc(C(=O)Nc3ccc(N4CCC(C(=O)NCCNC(=O)OCc5ccc(NC(=O)[C@H](CCCNC(N)=O)NC(=O)[C@@H](NC(=O)CCCCCN6C(=O)C=CC6O)C(C)C)cc5)CC4)nc3)cc2N=C(N)C1. The zero-order chi connectivity index (χ0) is 61.4. The predicted octanol–water partition coefficient (Wildman–Crippen LogP) is 4.31. The number of ether oxygens (including phenoxy) is 1. The molecule has 0 bridgehead atoms. The molecule has 12 N–H and O–H groups in total. The number of nitrogens with one attached hydrogen (secondary N) is 7. The Morgan fingerprint density at radius 3 is 2.20 bits per heavy atom. The third-order valence-corrected chi connectivity index (χ3v) is 14.5. The van der Waals surface area contributed by atoms with Gasteiger partial charge in [0.1, 0.15) is 36.6 Å². The minimum Gasteiger partial charge on any atom is -0.445 e. The van der Waals surface area contributed by atoms with E-state index in [0.717, 1.165) is 12.8 Å². The molecule has 0 aliphatic carbocycles. The number of amidine groups is 1. The average Bonchev–Trinajstić information content (AvgIpc) is 4.03. The number of alkyl carbamates (subject to hydrolysis) is 1. The Bertz CT molecular complexity index is 2920. The number of piperidine rings is 1. The summed E-state index contributed by atoms with van der Waals surface area (Å²) in [7, 11) is 0. The molecule has 3 aliphatic rings. The first-order valence-corrected chi connectivity index (χ1v) is 29.2. The number of pyridine rings is 1. The van der Waals surface area contributed by atoms with Gasteiger partial charge in [-0.15, -0.1) is 0 Å². The fourth-order valence-electron chi connectivity index (χ4n) is 9.87. The van der Waals surface area contributed by atoms with Crippen LogP contribution in [0.1, 0.15) is 120 Å². The van der Waals surface area contributed by atoms with E-state index in [-0.39, 0.29) is 86.9 Å². The van der Waals surface area contributed by atoms with Crippen LogP contribution < -0.4 is 53.6 Å².